The van der Waals surface area contributed by atoms with Crippen molar-refractivity contribution in [2.45, 2.75) is 43.4 Å². The summed E-state index contributed by atoms with van der Waals surface area (Å²) in [5, 5.41) is 2.97. The molecule has 1 heterocycles. The third kappa shape index (κ3) is 5.81. The number of allylic oxidation sites excluding steroid dienone is 1. The van der Waals surface area contributed by atoms with Crippen LogP contribution in [0.4, 0.5) is 0 Å². The summed E-state index contributed by atoms with van der Waals surface area (Å²) in [5.74, 6) is 0.550. The predicted molar refractivity (Wildman–Crippen MR) is 110 cm³/mol. The molecule has 3 rings (SSSR count). The first-order chi connectivity index (χ1) is 14.0. The van der Waals surface area contributed by atoms with Gasteiger partial charge in [-0.3, -0.25) is 4.79 Å². The lowest BCUT2D eigenvalue weighted by Crippen LogP contribution is -2.40. The average Bonchev–Trinajstić information content (AvgIpc) is 2.77. The molecular formula is C21H30N2O5S. The van der Waals surface area contributed by atoms with E-state index >= 15 is 0 Å². The Bertz CT molecular complexity index is 845. The lowest BCUT2D eigenvalue weighted by molar-refractivity contribution is -0.120. The highest BCUT2D eigenvalue weighted by atomic mass is 32.2. The molecule has 8 heteroatoms. The van der Waals surface area contributed by atoms with E-state index in [2.05, 4.69) is 11.4 Å². The second-order valence-corrected chi connectivity index (χ2v) is 9.31. The SMILES string of the molecule is COc1ccc(S(=O)(=O)N2CCOCC2)cc1CCC(=O)NCC1=CCCCC1. The zero-order valence-electron chi connectivity index (χ0n) is 17.0. The molecule has 1 aromatic rings. The largest absolute Gasteiger partial charge is 0.496 e. The molecule has 0 atom stereocenters. The van der Waals surface area contributed by atoms with Crippen LogP contribution in [-0.4, -0.2) is 58.6 Å². The fourth-order valence-electron chi connectivity index (χ4n) is 3.66. The molecular weight excluding hydrogens is 392 g/mol. The fraction of sp³-hybridized carbons (Fsp3) is 0.571. The molecule has 1 saturated heterocycles. The number of benzene rings is 1. The van der Waals surface area contributed by atoms with E-state index in [0.717, 1.165) is 12.8 Å². The van der Waals surface area contributed by atoms with E-state index < -0.39 is 10.0 Å². The second-order valence-electron chi connectivity index (χ2n) is 7.37. The van der Waals surface area contributed by atoms with Gasteiger partial charge in [-0.05, 0) is 55.9 Å². The van der Waals surface area contributed by atoms with Gasteiger partial charge in [-0.15, -0.1) is 0 Å². The van der Waals surface area contributed by atoms with Crippen molar-refractivity contribution in [2.75, 3.05) is 40.0 Å². The van der Waals surface area contributed by atoms with Crippen LogP contribution in [0.15, 0.2) is 34.7 Å². The van der Waals surface area contributed by atoms with Crippen molar-refractivity contribution < 1.29 is 22.7 Å². The summed E-state index contributed by atoms with van der Waals surface area (Å²) in [6.07, 6.45) is 7.46. The van der Waals surface area contributed by atoms with Gasteiger partial charge >= 0.3 is 0 Å². The van der Waals surface area contributed by atoms with Gasteiger partial charge in [-0.1, -0.05) is 11.6 Å². The van der Waals surface area contributed by atoms with E-state index in [4.69, 9.17) is 9.47 Å². The Morgan fingerprint density at radius 3 is 2.72 bits per heavy atom. The molecule has 0 spiro atoms. The number of ether oxygens (including phenoxy) is 2. The van der Waals surface area contributed by atoms with Crippen LogP contribution in [0.1, 0.15) is 37.7 Å². The number of methoxy groups -OCH3 is 1. The number of morpholine rings is 1. The first-order valence-electron chi connectivity index (χ1n) is 10.2. The van der Waals surface area contributed by atoms with Crippen LogP contribution in [0.3, 0.4) is 0 Å². The highest BCUT2D eigenvalue weighted by molar-refractivity contribution is 7.89. The summed E-state index contributed by atoms with van der Waals surface area (Å²) in [4.78, 5) is 12.5. The monoisotopic (exact) mass is 422 g/mol. The highest BCUT2D eigenvalue weighted by Crippen LogP contribution is 2.26. The molecule has 0 radical (unpaired) electrons. The van der Waals surface area contributed by atoms with Crippen LogP contribution < -0.4 is 10.1 Å². The van der Waals surface area contributed by atoms with Crippen LogP contribution in [0.5, 0.6) is 5.75 Å². The van der Waals surface area contributed by atoms with Gasteiger partial charge < -0.3 is 14.8 Å². The number of hydrogen-bond acceptors (Lipinski definition) is 5. The molecule has 7 nitrogen and oxygen atoms in total. The predicted octanol–water partition coefficient (Wildman–Crippen LogP) is 2.27. The van der Waals surface area contributed by atoms with Crippen molar-refractivity contribution in [1.29, 1.82) is 0 Å². The Morgan fingerprint density at radius 2 is 2.03 bits per heavy atom. The summed E-state index contributed by atoms with van der Waals surface area (Å²) >= 11 is 0. The standard InChI is InChI=1S/C21H30N2O5S/c1-27-20-9-8-19(29(25,26)23-11-13-28-14-12-23)15-18(20)7-10-21(24)22-16-17-5-3-2-4-6-17/h5,8-9,15H,2-4,6-7,10-14,16H2,1H3,(H,22,24). The number of hydrogen-bond donors (Lipinski definition) is 1. The molecule has 160 valence electrons. The minimum atomic E-state index is -3.58. The Hall–Kier alpha value is -1.90. The summed E-state index contributed by atoms with van der Waals surface area (Å²) in [7, 11) is -2.04. The number of nitrogens with one attached hydrogen (secondary N) is 1. The van der Waals surface area contributed by atoms with E-state index in [1.165, 1.54) is 22.7 Å². The molecule has 2 aliphatic rings. The van der Waals surface area contributed by atoms with Gasteiger partial charge in [0.1, 0.15) is 5.75 Å². The second kappa shape index (κ2) is 10.2. The summed E-state index contributed by atoms with van der Waals surface area (Å²) < 4.78 is 37.9. The topological polar surface area (TPSA) is 84.9 Å². The van der Waals surface area contributed by atoms with Gasteiger partial charge in [-0.25, -0.2) is 8.42 Å². The van der Waals surface area contributed by atoms with Crippen LogP contribution >= 0.6 is 0 Å². The fourth-order valence-corrected chi connectivity index (χ4v) is 5.12. The van der Waals surface area contributed by atoms with E-state index in [-0.39, 0.29) is 17.2 Å². The van der Waals surface area contributed by atoms with Crippen molar-refractivity contribution in [3.05, 3.63) is 35.4 Å². The summed E-state index contributed by atoms with van der Waals surface area (Å²) in [6.45, 7) is 2.10. The number of amides is 1. The minimum Gasteiger partial charge on any atom is -0.496 e. The maximum Gasteiger partial charge on any atom is 0.243 e. The molecule has 0 aromatic heterocycles. The number of rotatable bonds is 8. The van der Waals surface area contributed by atoms with Gasteiger partial charge in [0.05, 0.1) is 25.2 Å². The van der Waals surface area contributed by atoms with Crippen molar-refractivity contribution in [3.8, 4) is 5.75 Å². The van der Waals surface area contributed by atoms with Crippen LogP contribution in [-0.2, 0) is 26.0 Å². The zero-order valence-corrected chi connectivity index (χ0v) is 17.8. The number of carbonyl (C=O) groups excluding carboxylic acids is 1. The molecule has 0 unspecified atom stereocenters. The third-order valence-corrected chi connectivity index (χ3v) is 7.27. The number of aryl methyl sites for hydroxylation is 1. The average molecular weight is 423 g/mol. The first kappa shape index (κ1) is 21.8. The highest BCUT2D eigenvalue weighted by Gasteiger charge is 2.27. The van der Waals surface area contributed by atoms with Gasteiger partial charge in [0, 0.05) is 26.1 Å². The Balaban J connectivity index is 1.64. The lowest BCUT2D eigenvalue weighted by atomic mass is 9.99. The molecule has 1 aromatic carbocycles. The Labute approximate surface area is 173 Å². The van der Waals surface area contributed by atoms with Crippen molar-refractivity contribution in [3.63, 3.8) is 0 Å². The van der Waals surface area contributed by atoms with Crippen molar-refractivity contribution >= 4 is 15.9 Å². The summed E-state index contributed by atoms with van der Waals surface area (Å²) in [6, 6.07) is 4.84. The molecule has 1 amide bonds. The smallest absolute Gasteiger partial charge is 0.243 e. The third-order valence-electron chi connectivity index (χ3n) is 5.38. The van der Waals surface area contributed by atoms with Gasteiger partial charge in [0.25, 0.3) is 0 Å². The van der Waals surface area contributed by atoms with Crippen molar-refractivity contribution in [2.24, 2.45) is 0 Å². The number of carbonyl (C=O) groups is 1. The normalized spacial score (nSPS) is 18.2. The molecule has 1 aliphatic heterocycles. The maximum atomic E-state index is 12.9. The molecule has 1 aliphatic carbocycles. The minimum absolute atomic E-state index is 0.0417. The van der Waals surface area contributed by atoms with Gasteiger partial charge in [0.15, 0.2) is 0 Å². The summed E-state index contributed by atoms with van der Waals surface area (Å²) in [5.41, 5.74) is 2.01. The van der Waals surface area contributed by atoms with E-state index in [9.17, 15) is 13.2 Å². The Morgan fingerprint density at radius 1 is 1.24 bits per heavy atom. The van der Waals surface area contributed by atoms with E-state index in [1.807, 2.05) is 0 Å². The lowest BCUT2D eigenvalue weighted by Gasteiger charge is -2.26. The maximum absolute atomic E-state index is 12.9. The number of sulfonamides is 1. The molecule has 0 bridgehead atoms. The quantitative estimate of drug-likeness (QED) is 0.650. The molecule has 1 fully saturated rings. The number of nitrogens with zero attached hydrogens (tertiary/aromatic N) is 1. The van der Waals surface area contributed by atoms with Gasteiger partial charge in [0.2, 0.25) is 15.9 Å². The van der Waals surface area contributed by atoms with E-state index in [0.29, 0.717) is 50.6 Å². The van der Waals surface area contributed by atoms with E-state index in [1.54, 1.807) is 25.3 Å². The van der Waals surface area contributed by atoms with Crippen LogP contribution in [0.2, 0.25) is 0 Å². The Kier molecular flexibility index (Phi) is 7.69. The molecule has 0 saturated carbocycles. The van der Waals surface area contributed by atoms with Crippen molar-refractivity contribution in [1.82, 2.24) is 9.62 Å². The van der Waals surface area contributed by atoms with Crippen LogP contribution in [0, 0.1) is 0 Å². The first-order valence-corrected chi connectivity index (χ1v) is 11.6. The molecule has 1 N–H and O–H groups in total. The van der Waals surface area contributed by atoms with Gasteiger partial charge in [-0.2, -0.15) is 4.31 Å². The van der Waals surface area contributed by atoms with Crippen LogP contribution in [0.25, 0.3) is 0 Å². The molecule has 29 heavy (non-hydrogen) atoms. The zero-order chi connectivity index (χ0) is 20.7.